The molecule has 0 aliphatic heterocycles. The fraction of sp³-hybridized carbons (Fsp3) is 0.308. The van der Waals surface area contributed by atoms with Crippen molar-refractivity contribution in [2.45, 2.75) is 31.2 Å². The summed E-state index contributed by atoms with van der Waals surface area (Å²) in [7, 11) is 3.08. The van der Waals surface area contributed by atoms with Crippen molar-refractivity contribution in [1.29, 1.82) is 0 Å². The van der Waals surface area contributed by atoms with Gasteiger partial charge >= 0.3 is 0 Å². The molecule has 6 nitrogen and oxygen atoms in total. The largest absolute Gasteiger partial charge is 0.495 e. The average Bonchev–Trinajstić information content (AvgIpc) is 3.66. The number of benzene rings is 3. The molecule has 0 saturated heterocycles. The van der Waals surface area contributed by atoms with Crippen molar-refractivity contribution in [3.63, 3.8) is 0 Å². The van der Waals surface area contributed by atoms with Crippen molar-refractivity contribution in [1.82, 2.24) is 10.6 Å². The van der Waals surface area contributed by atoms with Crippen molar-refractivity contribution in [3.05, 3.63) is 68.1 Å². The maximum atomic E-state index is 13.5. The van der Waals surface area contributed by atoms with Gasteiger partial charge in [0.1, 0.15) is 16.0 Å². The molecule has 2 N–H and O–H groups in total. The summed E-state index contributed by atoms with van der Waals surface area (Å²) in [5.74, 6) is 0.267. The normalized spacial score (nSPS) is 13.9. The lowest BCUT2D eigenvalue weighted by Gasteiger charge is -2.21. The van der Waals surface area contributed by atoms with Gasteiger partial charge in [-0.3, -0.25) is 9.59 Å². The summed E-state index contributed by atoms with van der Waals surface area (Å²) in [5, 5.41) is 8.31. The Kier molecular flexibility index (Phi) is 8.09. The van der Waals surface area contributed by atoms with E-state index < -0.39 is 0 Å². The number of rotatable bonds is 9. The van der Waals surface area contributed by atoms with Crippen molar-refractivity contribution in [2.24, 2.45) is 0 Å². The van der Waals surface area contributed by atoms with Crippen LogP contribution in [0.3, 0.4) is 0 Å². The van der Waals surface area contributed by atoms with Gasteiger partial charge in [0.15, 0.2) is 0 Å². The zero-order chi connectivity index (χ0) is 25.1. The second-order valence-corrected chi connectivity index (χ2v) is 10.0. The standard InChI is InChI=1S/C26H25BrCl2N2O4/c1-34-24-18-6-4-3-5-17(18)22(25(35-2)23(24)27)26(33)30-13-15(12-21(32)31-16-8-9-16)14-7-10-19(28)20(29)11-14/h3-7,10-11,15-16H,8-9,12-13H2,1-2H3,(H,30,33)(H,31,32)/t15-/m1/s1. The van der Waals surface area contributed by atoms with Crippen LogP contribution >= 0.6 is 39.1 Å². The maximum Gasteiger partial charge on any atom is 0.255 e. The molecule has 1 atom stereocenters. The number of fused-ring (bicyclic) bond motifs is 1. The van der Waals surface area contributed by atoms with E-state index in [9.17, 15) is 9.59 Å². The van der Waals surface area contributed by atoms with Gasteiger partial charge in [-0.05, 0) is 46.5 Å². The van der Waals surface area contributed by atoms with E-state index in [0.29, 0.717) is 37.0 Å². The average molecular weight is 580 g/mol. The predicted octanol–water partition coefficient (Wildman–Crippen LogP) is 6.11. The van der Waals surface area contributed by atoms with Crippen LogP contribution in [0.2, 0.25) is 10.0 Å². The second kappa shape index (κ2) is 11.1. The SMILES string of the molecule is COc1c(Br)c(OC)c2ccccc2c1C(=O)NC[C@@H](CC(=O)NC1CC1)c1ccc(Cl)c(Cl)c1. The van der Waals surface area contributed by atoms with Gasteiger partial charge in [-0.15, -0.1) is 0 Å². The lowest BCUT2D eigenvalue weighted by atomic mass is 9.94. The maximum absolute atomic E-state index is 13.5. The van der Waals surface area contributed by atoms with Gasteiger partial charge in [0.05, 0.1) is 29.8 Å². The van der Waals surface area contributed by atoms with E-state index in [0.717, 1.165) is 23.8 Å². The quantitative estimate of drug-likeness (QED) is 0.321. The van der Waals surface area contributed by atoms with E-state index >= 15 is 0 Å². The first-order chi connectivity index (χ1) is 16.8. The number of methoxy groups -OCH3 is 2. The molecule has 1 aliphatic rings. The van der Waals surface area contributed by atoms with Gasteiger partial charge < -0.3 is 20.1 Å². The fourth-order valence-corrected chi connectivity index (χ4v) is 5.13. The number of hydrogen-bond acceptors (Lipinski definition) is 4. The van der Waals surface area contributed by atoms with Crippen LogP contribution in [-0.4, -0.2) is 38.6 Å². The van der Waals surface area contributed by atoms with Gasteiger partial charge in [0, 0.05) is 35.7 Å². The Morgan fingerprint density at radius 2 is 1.71 bits per heavy atom. The molecule has 9 heteroatoms. The Balaban J connectivity index is 1.64. The zero-order valence-electron chi connectivity index (χ0n) is 19.3. The molecule has 0 heterocycles. The fourth-order valence-electron chi connectivity index (χ4n) is 4.09. The van der Waals surface area contributed by atoms with E-state index in [2.05, 4.69) is 26.6 Å². The summed E-state index contributed by atoms with van der Waals surface area (Å²) in [6, 6.07) is 13.0. The first kappa shape index (κ1) is 25.6. The summed E-state index contributed by atoms with van der Waals surface area (Å²) in [5.41, 5.74) is 1.20. The Morgan fingerprint density at radius 3 is 2.34 bits per heavy atom. The molecule has 3 aromatic rings. The molecular formula is C26H25BrCl2N2O4. The molecule has 1 fully saturated rings. The number of ether oxygens (including phenoxy) is 2. The van der Waals surface area contributed by atoms with Crippen LogP contribution in [0, 0.1) is 0 Å². The number of amides is 2. The van der Waals surface area contributed by atoms with E-state index in [1.165, 1.54) is 7.11 Å². The van der Waals surface area contributed by atoms with E-state index in [1.54, 1.807) is 19.2 Å². The minimum atomic E-state index is -0.325. The summed E-state index contributed by atoms with van der Waals surface area (Å²) in [4.78, 5) is 26.1. The van der Waals surface area contributed by atoms with Crippen LogP contribution in [0.15, 0.2) is 46.9 Å². The van der Waals surface area contributed by atoms with Crippen LogP contribution in [0.4, 0.5) is 0 Å². The highest BCUT2D eigenvalue weighted by molar-refractivity contribution is 9.10. The van der Waals surface area contributed by atoms with Gasteiger partial charge in [0.2, 0.25) is 5.91 Å². The number of nitrogens with one attached hydrogen (secondary N) is 2. The third-order valence-electron chi connectivity index (χ3n) is 6.00. The van der Waals surface area contributed by atoms with Crippen molar-refractivity contribution in [2.75, 3.05) is 20.8 Å². The molecule has 0 unspecified atom stereocenters. The molecule has 0 aromatic heterocycles. The highest BCUT2D eigenvalue weighted by Gasteiger charge is 2.27. The molecular weight excluding hydrogens is 555 g/mol. The number of carbonyl (C=O) groups excluding carboxylic acids is 2. The molecule has 0 radical (unpaired) electrons. The Bertz CT molecular complexity index is 1280. The lowest BCUT2D eigenvalue weighted by Crippen LogP contribution is -2.33. The molecule has 1 saturated carbocycles. The van der Waals surface area contributed by atoms with Crippen LogP contribution in [0.1, 0.15) is 41.1 Å². The molecule has 1 aliphatic carbocycles. The number of hydrogen-bond donors (Lipinski definition) is 2. The minimum Gasteiger partial charge on any atom is -0.495 e. The van der Waals surface area contributed by atoms with Gasteiger partial charge in [0.25, 0.3) is 5.91 Å². The van der Waals surface area contributed by atoms with Crippen LogP contribution < -0.4 is 20.1 Å². The molecule has 35 heavy (non-hydrogen) atoms. The van der Waals surface area contributed by atoms with E-state index in [4.69, 9.17) is 32.7 Å². The molecule has 3 aromatic carbocycles. The summed E-state index contributed by atoms with van der Waals surface area (Å²) in [6.45, 7) is 0.218. The van der Waals surface area contributed by atoms with E-state index in [1.807, 2.05) is 30.3 Å². The predicted molar refractivity (Wildman–Crippen MR) is 142 cm³/mol. The van der Waals surface area contributed by atoms with E-state index in [-0.39, 0.29) is 36.7 Å². The van der Waals surface area contributed by atoms with Crippen molar-refractivity contribution < 1.29 is 19.1 Å². The van der Waals surface area contributed by atoms with Gasteiger partial charge in [-0.1, -0.05) is 53.5 Å². The molecule has 2 amide bonds. The molecule has 0 spiro atoms. The first-order valence-corrected chi connectivity index (χ1v) is 12.7. The monoisotopic (exact) mass is 578 g/mol. The smallest absolute Gasteiger partial charge is 0.255 e. The third kappa shape index (κ3) is 5.68. The lowest BCUT2D eigenvalue weighted by molar-refractivity contribution is -0.121. The van der Waals surface area contributed by atoms with Gasteiger partial charge in [-0.25, -0.2) is 0 Å². The second-order valence-electron chi connectivity index (χ2n) is 8.43. The van der Waals surface area contributed by atoms with Crippen LogP contribution in [0.5, 0.6) is 11.5 Å². The zero-order valence-corrected chi connectivity index (χ0v) is 22.4. The van der Waals surface area contributed by atoms with Crippen LogP contribution in [0.25, 0.3) is 10.8 Å². The number of halogens is 3. The van der Waals surface area contributed by atoms with Gasteiger partial charge in [-0.2, -0.15) is 0 Å². The van der Waals surface area contributed by atoms with Crippen molar-refractivity contribution >= 4 is 61.7 Å². The molecule has 184 valence electrons. The first-order valence-electron chi connectivity index (χ1n) is 11.2. The highest BCUT2D eigenvalue weighted by atomic mass is 79.9. The molecule has 4 rings (SSSR count). The Morgan fingerprint density at radius 1 is 1.03 bits per heavy atom. The third-order valence-corrected chi connectivity index (χ3v) is 7.46. The molecule has 0 bridgehead atoms. The van der Waals surface area contributed by atoms with Crippen LogP contribution in [-0.2, 0) is 4.79 Å². The summed E-state index contributed by atoms with van der Waals surface area (Å²) in [6.07, 6.45) is 2.21. The highest BCUT2D eigenvalue weighted by Crippen LogP contribution is 2.44. The summed E-state index contributed by atoms with van der Waals surface area (Å²) < 4.78 is 11.7. The summed E-state index contributed by atoms with van der Waals surface area (Å²) >= 11 is 15.9. The Labute approximate surface area is 222 Å². The number of carbonyl (C=O) groups is 2. The van der Waals surface area contributed by atoms with Crippen molar-refractivity contribution in [3.8, 4) is 11.5 Å². The topological polar surface area (TPSA) is 76.7 Å². The minimum absolute atomic E-state index is 0.0620. The Hall–Kier alpha value is -2.48.